The zero-order chi connectivity index (χ0) is 15.4. The molecule has 0 radical (unpaired) electrons. The average molecular weight is 413 g/mol. The summed E-state index contributed by atoms with van der Waals surface area (Å²) in [5, 5.41) is 4.22. The molecule has 0 saturated heterocycles. The summed E-state index contributed by atoms with van der Waals surface area (Å²) in [5.74, 6) is 0.960. The van der Waals surface area contributed by atoms with E-state index in [0.717, 1.165) is 11.5 Å². The molecule has 2 rings (SSSR count). The number of aliphatic imine (C=N–C) groups is 1. The lowest BCUT2D eigenvalue weighted by atomic mass is 10.1. The zero-order valence-corrected chi connectivity index (χ0v) is 16.1. The quantitative estimate of drug-likeness (QED) is 0.441. The SMILES string of the molecule is CN(C)C(=NCc1cccc(-c2cnn(C)c2)c1)N(C)C.I. The van der Waals surface area contributed by atoms with E-state index in [1.165, 1.54) is 11.1 Å². The summed E-state index contributed by atoms with van der Waals surface area (Å²) in [7, 11) is 9.95. The Morgan fingerprint density at radius 3 is 2.36 bits per heavy atom. The van der Waals surface area contributed by atoms with Crippen LogP contribution in [0, 0.1) is 0 Å². The van der Waals surface area contributed by atoms with Crippen LogP contribution in [0.25, 0.3) is 11.1 Å². The maximum atomic E-state index is 4.68. The van der Waals surface area contributed by atoms with Crippen LogP contribution in [0.5, 0.6) is 0 Å². The Bertz CT molecular complexity index is 621. The smallest absolute Gasteiger partial charge is 0.195 e. The van der Waals surface area contributed by atoms with Crippen molar-refractivity contribution in [1.82, 2.24) is 19.6 Å². The Balaban J connectivity index is 0.00000242. The van der Waals surface area contributed by atoms with Gasteiger partial charge in [-0.15, -0.1) is 24.0 Å². The summed E-state index contributed by atoms with van der Waals surface area (Å²) >= 11 is 0. The van der Waals surface area contributed by atoms with Crippen molar-refractivity contribution in [3.63, 3.8) is 0 Å². The summed E-state index contributed by atoms with van der Waals surface area (Å²) in [6.45, 7) is 0.666. The fraction of sp³-hybridized carbons (Fsp3) is 0.375. The molecule has 0 atom stereocenters. The zero-order valence-electron chi connectivity index (χ0n) is 13.8. The molecule has 22 heavy (non-hydrogen) atoms. The van der Waals surface area contributed by atoms with Gasteiger partial charge in [0.15, 0.2) is 5.96 Å². The van der Waals surface area contributed by atoms with E-state index in [1.54, 1.807) is 0 Å². The summed E-state index contributed by atoms with van der Waals surface area (Å²) < 4.78 is 1.82. The fourth-order valence-electron chi connectivity index (χ4n) is 2.26. The minimum Gasteiger partial charge on any atom is -0.349 e. The van der Waals surface area contributed by atoms with Gasteiger partial charge < -0.3 is 9.80 Å². The molecule has 5 nitrogen and oxygen atoms in total. The van der Waals surface area contributed by atoms with Gasteiger partial charge in [0.1, 0.15) is 0 Å². The number of aromatic nitrogens is 2. The lowest BCUT2D eigenvalue weighted by Gasteiger charge is -2.22. The van der Waals surface area contributed by atoms with Gasteiger partial charge in [0, 0.05) is 47.0 Å². The van der Waals surface area contributed by atoms with Crippen LogP contribution in [0.3, 0.4) is 0 Å². The van der Waals surface area contributed by atoms with Gasteiger partial charge in [-0.05, 0) is 17.2 Å². The van der Waals surface area contributed by atoms with Crippen LogP contribution >= 0.6 is 24.0 Å². The molecule has 0 fully saturated rings. The predicted octanol–water partition coefficient (Wildman–Crippen LogP) is 2.68. The van der Waals surface area contributed by atoms with E-state index < -0.39 is 0 Å². The second kappa shape index (κ2) is 8.17. The second-order valence-corrected chi connectivity index (χ2v) is 5.51. The van der Waals surface area contributed by atoms with E-state index >= 15 is 0 Å². The van der Waals surface area contributed by atoms with Crippen molar-refractivity contribution in [3.05, 3.63) is 42.2 Å². The van der Waals surface area contributed by atoms with Gasteiger partial charge in [-0.2, -0.15) is 5.10 Å². The molecule has 0 bridgehead atoms. The van der Waals surface area contributed by atoms with Crippen molar-refractivity contribution in [2.24, 2.45) is 12.0 Å². The summed E-state index contributed by atoms with van der Waals surface area (Å²) in [4.78, 5) is 8.72. The highest BCUT2D eigenvalue weighted by atomic mass is 127. The molecule has 0 saturated carbocycles. The first-order valence-corrected chi connectivity index (χ1v) is 6.94. The third-order valence-electron chi connectivity index (χ3n) is 3.17. The first kappa shape index (κ1) is 18.5. The van der Waals surface area contributed by atoms with Crippen molar-refractivity contribution in [1.29, 1.82) is 0 Å². The van der Waals surface area contributed by atoms with Crippen LogP contribution in [0.2, 0.25) is 0 Å². The van der Waals surface area contributed by atoms with Crippen LogP contribution in [-0.4, -0.2) is 53.7 Å². The van der Waals surface area contributed by atoms with Crippen molar-refractivity contribution >= 4 is 29.9 Å². The molecule has 0 amide bonds. The largest absolute Gasteiger partial charge is 0.349 e. The summed E-state index contributed by atoms with van der Waals surface area (Å²) in [6.07, 6.45) is 3.90. The van der Waals surface area contributed by atoms with E-state index in [4.69, 9.17) is 0 Å². The highest BCUT2D eigenvalue weighted by molar-refractivity contribution is 14.0. The van der Waals surface area contributed by atoms with E-state index in [0.29, 0.717) is 6.54 Å². The third-order valence-corrected chi connectivity index (χ3v) is 3.17. The Hall–Kier alpha value is -1.57. The molecule has 1 aromatic carbocycles. The number of guanidine groups is 1. The molecule has 0 N–H and O–H groups in total. The minimum atomic E-state index is 0. The van der Waals surface area contributed by atoms with Crippen LogP contribution in [0.1, 0.15) is 5.56 Å². The van der Waals surface area contributed by atoms with Gasteiger partial charge in [0.05, 0.1) is 12.7 Å². The number of benzene rings is 1. The average Bonchev–Trinajstić information content (AvgIpc) is 2.85. The highest BCUT2D eigenvalue weighted by Crippen LogP contribution is 2.19. The molecular formula is C16H24IN5. The van der Waals surface area contributed by atoms with E-state index in [9.17, 15) is 0 Å². The van der Waals surface area contributed by atoms with Gasteiger partial charge in [-0.25, -0.2) is 4.99 Å². The molecule has 2 aromatic rings. The van der Waals surface area contributed by atoms with Crippen LogP contribution in [0.15, 0.2) is 41.7 Å². The van der Waals surface area contributed by atoms with E-state index in [2.05, 4.69) is 34.4 Å². The minimum absolute atomic E-state index is 0. The van der Waals surface area contributed by atoms with Crippen molar-refractivity contribution in [3.8, 4) is 11.1 Å². The van der Waals surface area contributed by atoms with Gasteiger partial charge in [-0.1, -0.05) is 18.2 Å². The van der Waals surface area contributed by atoms with Gasteiger partial charge in [-0.3, -0.25) is 4.68 Å². The number of rotatable bonds is 3. The standard InChI is InChI=1S/C16H23N5.HI/c1-19(2)16(20(3)4)17-10-13-7-6-8-14(9-13)15-11-18-21(5)12-15;/h6-9,11-12H,10H2,1-5H3;1H. The third kappa shape index (κ3) is 4.72. The van der Waals surface area contributed by atoms with E-state index in [-0.39, 0.29) is 24.0 Å². The first-order valence-electron chi connectivity index (χ1n) is 6.94. The van der Waals surface area contributed by atoms with Crippen molar-refractivity contribution in [2.45, 2.75) is 6.54 Å². The Morgan fingerprint density at radius 2 is 1.82 bits per heavy atom. The molecule has 6 heteroatoms. The maximum Gasteiger partial charge on any atom is 0.195 e. The van der Waals surface area contributed by atoms with Gasteiger partial charge in [0.25, 0.3) is 0 Å². The number of aryl methyl sites for hydroxylation is 1. The Kier molecular flexibility index (Phi) is 6.86. The van der Waals surface area contributed by atoms with Crippen molar-refractivity contribution < 1.29 is 0 Å². The lowest BCUT2D eigenvalue weighted by molar-refractivity contribution is 0.479. The summed E-state index contributed by atoms with van der Waals surface area (Å²) in [5.41, 5.74) is 3.49. The van der Waals surface area contributed by atoms with Gasteiger partial charge >= 0.3 is 0 Å². The lowest BCUT2D eigenvalue weighted by Crippen LogP contribution is -2.35. The molecule has 1 heterocycles. The number of halogens is 1. The molecule has 0 spiro atoms. The highest BCUT2D eigenvalue weighted by Gasteiger charge is 2.05. The van der Waals surface area contributed by atoms with Crippen LogP contribution in [0.4, 0.5) is 0 Å². The van der Waals surface area contributed by atoms with Gasteiger partial charge in [0.2, 0.25) is 0 Å². The molecule has 1 aromatic heterocycles. The Morgan fingerprint density at radius 1 is 1.14 bits per heavy atom. The summed E-state index contributed by atoms with van der Waals surface area (Å²) in [6, 6.07) is 8.44. The molecule has 0 aliphatic heterocycles. The maximum absolute atomic E-state index is 4.68. The first-order chi connectivity index (χ1) is 9.97. The van der Waals surface area contributed by atoms with Crippen LogP contribution in [-0.2, 0) is 13.6 Å². The normalized spacial score (nSPS) is 9.86. The van der Waals surface area contributed by atoms with E-state index in [1.807, 2.05) is 62.1 Å². The fourth-order valence-corrected chi connectivity index (χ4v) is 2.26. The molecule has 0 aliphatic rings. The number of hydrogen-bond acceptors (Lipinski definition) is 2. The monoisotopic (exact) mass is 413 g/mol. The van der Waals surface area contributed by atoms with Crippen molar-refractivity contribution in [2.75, 3.05) is 28.2 Å². The van der Waals surface area contributed by atoms with Crippen LogP contribution < -0.4 is 0 Å². The molecule has 0 aliphatic carbocycles. The second-order valence-electron chi connectivity index (χ2n) is 5.51. The Labute approximate surface area is 149 Å². The molecule has 0 unspecified atom stereocenters. The molecule has 120 valence electrons. The molecular weight excluding hydrogens is 389 g/mol. The number of hydrogen-bond donors (Lipinski definition) is 0. The number of nitrogens with zero attached hydrogens (tertiary/aromatic N) is 5. The predicted molar refractivity (Wildman–Crippen MR) is 103 cm³/mol. The topological polar surface area (TPSA) is 36.7 Å².